The number of fused-ring (bicyclic) bond motifs is 2. The van der Waals surface area contributed by atoms with E-state index >= 15 is 0 Å². The molecule has 3 nitrogen and oxygen atoms in total. The van der Waals surface area contributed by atoms with Gasteiger partial charge in [0.2, 0.25) is 11.4 Å². The minimum atomic E-state index is -0.0934. The van der Waals surface area contributed by atoms with Gasteiger partial charge in [0.1, 0.15) is 19.8 Å². The van der Waals surface area contributed by atoms with Crippen LogP contribution in [0.4, 0.5) is 11.4 Å². The van der Waals surface area contributed by atoms with Crippen molar-refractivity contribution in [2.45, 2.75) is 44.9 Å². The molecule has 0 aliphatic carbocycles. The molecule has 0 unspecified atom stereocenters. The third-order valence-electron chi connectivity index (χ3n) is 8.10. The summed E-state index contributed by atoms with van der Waals surface area (Å²) < 4.78 is 4.58. The summed E-state index contributed by atoms with van der Waals surface area (Å²) in [6.45, 7) is 9.12. The van der Waals surface area contributed by atoms with Crippen LogP contribution in [0.3, 0.4) is 0 Å². The summed E-state index contributed by atoms with van der Waals surface area (Å²) in [4.78, 5) is 0. The predicted molar refractivity (Wildman–Crippen MR) is 151 cm³/mol. The maximum absolute atomic E-state index is 10.6. The molecule has 36 heavy (non-hydrogen) atoms. The van der Waals surface area contributed by atoms with Crippen molar-refractivity contribution in [1.29, 1.82) is 0 Å². The van der Waals surface area contributed by atoms with Crippen LogP contribution in [0, 0.1) is 0 Å². The molecular weight excluding hydrogens is 440 g/mol. The first kappa shape index (κ1) is 24.0. The Morgan fingerprint density at radius 1 is 0.722 bits per heavy atom. The van der Waals surface area contributed by atoms with Gasteiger partial charge in [-0.2, -0.15) is 4.58 Å². The molecule has 0 saturated heterocycles. The third-order valence-corrected chi connectivity index (χ3v) is 8.10. The molecule has 0 saturated carbocycles. The molecule has 0 radical (unpaired) electrons. The first-order valence-electron chi connectivity index (χ1n) is 12.7. The van der Waals surface area contributed by atoms with Crippen molar-refractivity contribution in [2.24, 2.45) is 0 Å². The summed E-state index contributed by atoms with van der Waals surface area (Å²) in [5.41, 5.74) is 9.66. The van der Waals surface area contributed by atoms with Crippen molar-refractivity contribution in [1.82, 2.24) is 0 Å². The predicted octanol–water partition coefficient (Wildman–Crippen LogP) is 7.22. The third kappa shape index (κ3) is 3.83. The fourth-order valence-electron chi connectivity index (χ4n) is 5.99. The molecule has 3 aromatic carbocycles. The molecule has 3 aromatic rings. The average Bonchev–Trinajstić information content (AvgIpc) is 3.18. The largest absolute Gasteiger partial charge is 0.507 e. The number of phenolic OH excluding ortho intramolecular Hbond substituents is 1. The van der Waals surface area contributed by atoms with Gasteiger partial charge in [-0.05, 0) is 51.5 Å². The van der Waals surface area contributed by atoms with Gasteiger partial charge in [-0.15, -0.1) is 0 Å². The van der Waals surface area contributed by atoms with Gasteiger partial charge in [0.05, 0.1) is 10.8 Å². The van der Waals surface area contributed by atoms with Crippen LogP contribution >= 0.6 is 0 Å². The first-order valence-corrected chi connectivity index (χ1v) is 12.7. The number of para-hydroxylation sites is 2. The fourth-order valence-corrected chi connectivity index (χ4v) is 5.99. The molecule has 182 valence electrons. The monoisotopic (exact) mass is 476 g/mol. The van der Waals surface area contributed by atoms with Gasteiger partial charge < -0.3 is 5.11 Å². The fraction of sp³-hybridized carbons (Fsp3) is 0.273. The van der Waals surface area contributed by atoms with E-state index in [1.165, 1.54) is 33.9 Å². The van der Waals surface area contributed by atoms with Crippen LogP contribution in [-0.2, 0) is 10.8 Å². The number of nitrogens with zero attached hydrogens (tertiary/aromatic N) is 2. The van der Waals surface area contributed by atoms with E-state index in [4.69, 9.17) is 0 Å². The molecule has 0 aromatic heterocycles. The second-order valence-corrected chi connectivity index (χ2v) is 11.0. The maximum Gasteiger partial charge on any atom is 0.209 e. The Morgan fingerprint density at radius 2 is 1.33 bits per heavy atom. The van der Waals surface area contributed by atoms with Gasteiger partial charge in [0.15, 0.2) is 11.4 Å². The molecule has 3 heteroatoms. The Bertz CT molecular complexity index is 1480. The summed E-state index contributed by atoms with van der Waals surface area (Å²) in [6, 6.07) is 23.0. The number of hydrogen-bond donors (Lipinski definition) is 1. The molecule has 1 N–H and O–H groups in total. The van der Waals surface area contributed by atoms with Crippen LogP contribution in [0.25, 0.3) is 12.2 Å². The molecule has 0 amide bonds. The topological polar surface area (TPSA) is 26.2 Å². The van der Waals surface area contributed by atoms with Crippen molar-refractivity contribution in [3.63, 3.8) is 0 Å². The molecule has 2 heterocycles. The first-order chi connectivity index (χ1) is 17.1. The number of rotatable bonds is 5. The normalized spacial score (nSPS) is 17.9. The van der Waals surface area contributed by atoms with Crippen LogP contribution in [-0.4, -0.2) is 39.8 Å². The highest BCUT2D eigenvalue weighted by Gasteiger charge is 2.43. The Kier molecular flexibility index (Phi) is 5.83. The van der Waals surface area contributed by atoms with Gasteiger partial charge in [-0.1, -0.05) is 54.6 Å². The lowest BCUT2D eigenvalue weighted by Gasteiger charge is -2.16. The van der Waals surface area contributed by atoms with E-state index in [1.54, 1.807) is 6.07 Å². The zero-order valence-electron chi connectivity index (χ0n) is 22.2. The van der Waals surface area contributed by atoms with Crippen LogP contribution in [0.5, 0.6) is 5.75 Å². The number of phenols is 1. The molecule has 0 fully saturated rings. The van der Waals surface area contributed by atoms with Gasteiger partial charge in [0, 0.05) is 41.3 Å². The van der Waals surface area contributed by atoms with Gasteiger partial charge in [-0.25, -0.2) is 4.58 Å². The van der Waals surface area contributed by atoms with Crippen molar-refractivity contribution in [2.75, 3.05) is 14.1 Å². The van der Waals surface area contributed by atoms with E-state index < -0.39 is 0 Å². The van der Waals surface area contributed by atoms with E-state index in [0.717, 1.165) is 17.5 Å². The van der Waals surface area contributed by atoms with Crippen LogP contribution in [0.15, 0.2) is 78.9 Å². The lowest BCUT2D eigenvalue weighted by atomic mass is 9.80. The number of aromatic hydroxyl groups is 1. The maximum atomic E-state index is 10.6. The molecule has 5 rings (SSSR count). The molecule has 0 bridgehead atoms. The molecule has 0 spiro atoms. The van der Waals surface area contributed by atoms with Crippen LogP contribution in [0.1, 0.15) is 56.4 Å². The van der Waals surface area contributed by atoms with E-state index in [2.05, 4.69) is 124 Å². The van der Waals surface area contributed by atoms with E-state index in [-0.39, 0.29) is 10.8 Å². The Labute approximate surface area is 215 Å². The minimum Gasteiger partial charge on any atom is -0.507 e. The van der Waals surface area contributed by atoms with E-state index in [1.807, 2.05) is 12.1 Å². The molecule has 2 aliphatic rings. The van der Waals surface area contributed by atoms with Crippen molar-refractivity contribution in [3.05, 3.63) is 101 Å². The highest BCUT2D eigenvalue weighted by Crippen LogP contribution is 2.40. The summed E-state index contributed by atoms with van der Waals surface area (Å²) in [7, 11) is 4.28. The van der Waals surface area contributed by atoms with Crippen LogP contribution in [0.2, 0.25) is 0 Å². The summed E-state index contributed by atoms with van der Waals surface area (Å²) in [5, 5.41) is 10.6. The van der Waals surface area contributed by atoms with Crippen molar-refractivity contribution in [3.8, 4) is 5.75 Å². The number of allylic oxidation sites excluding steroid dienone is 2. The Balaban J connectivity index is 1.38. The van der Waals surface area contributed by atoms with Gasteiger partial charge in [-0.3, -0.25) is 0 Å². The van der Waals surface area contributed by atoms with Gasteiger partial charge in [0.25, 0.3) is 0 Å². The van der Waals surface area contributed by atoms with Gasteiger partial charge >= 0.3 is 0 Å². The zero-order valence-corrected chi connectivity index (χ0v) is 22.2. The average molecular weight is 477 g/mol. The standard InChI is InChI=1S/C33H35N2O/c1-32(2)25-13-7-9-15-27(25)34(5)30(32)17-11-12-23-18-20-29(36)24(22-23)19-21-31-33(3,4)26-14-8-10-16-28(26)35(31)6/h7-16,18-22H,17H2,1-6H3/q+1/p+1. The quantitative estimate of drug-likeness (QED) is 0.387. The summed E-state index contributed by atoms with van der Waals surface area (Å²) >= 11 is 0. The number of hydrogen-bond acceptors (Lipinski definition) is 1. The lowest BCUT2D eigenvalue weighted by molar-refractivity contribution is -0.403. The second-order valence-electron chi connectivity index (χ2n) is 11.0. The van der Waals surface area contributed by atoms with E-state index in [0.29, 0.717) is 5.75 Å². The summed E-state index contributed by atoms with van der Waals surface area (Å²) in [5.74, 6) is 0.293. The zero-order chi connectivity index (χ0) is 25.7. The smallest absolute Gasteiger partial charge is 0.209 e. The molecule has 2 aliphatic heterocycles. The highest BCUT2D eigenvalue weighted by molar-refractivity contribution is 6.05. The minimum absolute atomic E-state index is 0.00739. The molecular formula is C33H36N2O+2. The SMILES string of the molecule is C[N+]1=C(/C=C/c2cc(C=CCC3=[N+](C)c4ccccc4C3(C)C)ccc2O)C(C)(C)c2ccccc21. The second kappa shape index (κ2) is 8.74. The van der Waals surface area contributed by atoms with E-state index in [9.17, 15) is 5.11 Å². The van der Waals surface area contributed by atoms with Crippen LogP contribution < -0.4 is 0 Å². The highest BCUT2D eigenvalue weighted by atomic mass is 16.3. The lowest BCUT2D eigenvalue weighted by Crippen LogP contribution is -2.27. The molecule has 0 atom stereocenters. The van der Waals surface area contributed by atoms with Crippen molar-refractivity contribution < 1.29 is 14.3 Å². The number of benzene rings is 3. The van der Waals surface area contributed by atoms with Crippen molar-refractivity contribution >= 4 is 35.0 Å². The summed E-state index contributed by atoms with van der Waals surface area (Å²) in [6.07, 6.45) is 9.44. The Hall–Kier alpha value is -3.72. The Morgan fingerprint density at radius 3 is 1.97 bits per heavy atom.